The first-order valence-corrected chi connectivity index (χ1v) is 7.95. The van der Waals surface area contributed by atoms with Crippen molar-refractivity contribution in [2.45, 2.75) is 25.3 Å². The maximum absolute atomic E-state index is 12.5. The fourth-order valence-corrected chi connectivity index (χ4v) is 2.97. The third-order valence-electron chi connectivity index (χ3n) is 4.01. The third-order valence-corrected chi connectivity index (χ3v) is 4.24. The molecule has 122 valence electrons. The molecule has 1 amide bonds. The Morgan fingerprint density at radius 1 is 1.41 bits per heavy atom. The maximum atomic E-state index is 12.5. The standard InChI is InChI=1S/C16H23ClN2O3/c1-21-7-8-22-15-6-5-12(17)9-13(15)16(20)19-14-4-2-3-11(14)10-18/h5-6,9,11,14H,2-4,7-8,10,18H2,1H3,(H,19,20). The van der Waals surface area contributed by atoms with Gasteiger partial charge in [-0.2, -0.15) is 0 Å². The van der Waals surface area contributed by atoms with Gasteiger partial charge in [-0.1, -0.05) is 18.0 Å². The normalized spacial score (nSPS) is 20.9. The Kier molecular flexibility index (Phi) is 6.49. The van der Waals surface area contributed by atoms with Crippen molar-refractivity contribution in [2.24, 2.45) is 11.7 Å². The first-order valence-electron chi connectivity index (χ1n) is 7.58. The summed E-state index contributed by atoms with van der Waals surface area (Å²) in [4.78, 5) is 12.5. The minimum Gasteiger partial charge on any atom is -0.490 e. The van der Waals surface area contributed by atoms with E-state index in [1.807, 2.05) is 0 Å². The van der Waals surface area contributed by atoms with Crippen molar-refractivity contribution in [1.29, 1.82) is 0 Å². The van der Waals surface area contributed by atoms with Crippen LogP contribution < -0.4 is 15.8 Å². The van der Waals surface area contributed by atoms with E-state index in [0.717, 1.165) is 19.3 Å². The molecule has 1 aliphatic carbocycles. The number of benzene rings is 1. The number of amides is 1. The number of halogens is 1. The average molecular weight is 327 g/mol. The minimum atomic E-state index is -0.166. The van der Waals surface area contributed by atoms with Crippen molar-refractivity contribution in [3.05, 3.63) is 28.8 Å². The number of nitrogens with two attached hydrogens (primary N) is 1. The smallest absolute Gasteiger partial charge is 0.255 e. The highest BCUT2D eigenvalue weighted by molar-refractivity contribution is 6.31. The van der Waals surface area contributed by atoms with Crippen LogP contribution in [-0.4, -0.2) is 38.8 Å². The second kappa shape index (κ2) is 8.36. The van der Waals surface area contributed by atoms with Crippen molar-refractivity contribution in [3.8, 4) is 5.75 Å². The van der Waals surface area contributed by atoms with E-state index in [4.69, 9.17) is 26.8 Å². The first-order chi connectivity index (χ1) is 10.7. The van der Waals surface area contributed by atoms with Gasteiger partial charge in [0.1, 0.15) is 12.4 Å². The highest BCUT2D eigenvalue weighted by Crippen LogP contribution is 2.27. The number of rotatable bonds is 7. The van der Waals surface area contributed by atoms with Crippen LogP contribution in [0, 0.1) is 5.92 Å². The van der Waals surface area contributed by atoms with Gasteiger partial charge >= 0.3 is 0 Å². The van der Waals surface area contributed by atoms with Gasteiger partial charge in [0.15, 0.2) is 0 Å². The van der Waals surface area contributed by atoms with Crippen LogP contribution >= 0.6 is 11.6 Å². The lowest BCUT2D eigenvalue weighted by Gasteiger charge is -2.20. The molecular formula is C16H23ClN2O3. The fraction of sp³-hybridized carbons (Fsp3) is 0.562. The summed E-state index contributed by atoms with van der Waals surface area (Å²) in [6.45, 7) is 1.44. The van der Waals surface area contributed by atoms with E-state index in [1.165, 1.54) is 0 Å². The molecule has 5 nitrogen and oxygen atoms in total. The van der Waals surface area contributed by atoms with E-state index in [-0.39, 0.29) is 11.9 Å². The predicted molar refractivity (Wildman–Crippen MR) is 86.5 cm³/mol. The van der Waals surface area contributed by atoms with E-state index in [9.17, 15) is 4.79 Å². The van der Waals surface area contributed by atoms with Crippen LogP contribution in [0.1, 0.15) is 29.6 Å². The molecule has 2 unspecified atom stereocenters. The van der Waals surface area contributed by atoms with Gasteiger partial charge in [0.2, 0.25) is 0 Å². The minimum absolute atomic E-state index is 0.128. The molecular weight excluding hydrogens is 304 g/mol. The first kappa shape index (κ1) is 17.1. The Morgan fingerprint density at radius 3 is 2.95 bits per heavy atom. The topological polar surface area (TPSA) is 73.6 Å². The Morgan fingerprint density at radius 2 is 2.23 bits per heavy atom. The highest BCUT2D eigenvalue weighted by Gasteiger charge is 2.28. The largest absolute Gasteiger partial charge is 0.490 e. The number of carbonyl (C=O) groups is 1. The molecule has 0 saturated heterocycles. The van der Waals surface area contributed by atoms with E-state index >= 15 is 0 Å². The summed E-state index contributed by atoms with van der Waals surface area (Å²) in [5.74, 6) is 0.697. The van der Waals surface area contributed by atoms with Crippen LogP contribution in [0.5, 0.6) is 5.75 Å². The monoisotopic (exact) mass is 326 g/mol. The zero-order chi connectivity index (χ0) is 15.9. The Labute approximate surface area is 136 Å². The number of nitrogens with one attached hydrogen (secondary N) is 1. The molecule has 1 fully saturated rings. The molecule has 1 aromatic rings. The molecule has 3 N–H and O–H groups in total. The van der Waals surface area contributed by atoms with Crippen LogP contribution in [-0.2, 0) is 4.74 Å². The maximum Gasteiger partial charge on any atom is 0.255 e. The lowest BCUT2D eigenvalue weighted by molar-refractivity contribution is 0.0921. The number of hydrogen-bond donors (Lipinski definition) is 2. The van der Waals surface area contributed by atoms with Gasteiger partial charge in [0, 0.05) is 18.2 Å². The van der Waals surface area contributed by atoms with E-state index in [2.05, 4.69) is 5.32 Å². The molecule has 0 bridgehead atoms. The molecule has 22 heavy (non-hydrogen) atoms. The molecule has 0 spiro atoms. The van der Waals surface area contributed by atoms with Crippen molar-refractivity contribution >= 4 is 17.5 Å². The summed E-state index contributed by atoms with van der Waals surface area (Å²) in [6, 6.07) is 5.18. The van der Waals surface area contributed by atoms with Gasteiger partial charge in [-0.05, 0) is 43.5 Å². The van der Waals surface area contributed by atoms with Crippen molar-refractivity contribution in [2.75, 3.05) is 26.9 Å². The fourth-order valence-electron chi connectivity index (χ4n) is 2.80. The van der Waals surface area contributed by atoms with Crippen LogP contribution in [0.4, 0.5) is 0 Å². The van der Waals surface area contributed by atoms with Gasteiger partial charge in [0.05, 0.1) is 12.2 Å². The number of ether oxygens (including phenoxy) is 2. The molecule has 0 aromatic heterocycles. The van der Waals surface area contributed by atoms with E-state index < -0.39 is 0 Å². The summed E-state index contributed by atoms with van der Waals surface area (Å²) < 4.78 is 10.6. The molecule has 0 heterocycles. The molecule has 0 radical (unpaired) electrons. The highest BCUT2D eigenvalue weighted by atomic mass is 35.5. The van der Waals surface area contributed by atoms with Gasteiger partial charge in [-0.3, -0.25) is 4.79 Å². The van der Waals surface area contributed by atoms with Gasteiger partial charge < -0.3 is 20.5 Å². The second-order valence-electron chi connectivity index (χ2n) is 5.49. The summed E-state index contributed by atoms with van der Waals surface area (Å²) in [7, 11) is 1.60. The van der Waals surface area contributed by atoms with Crippen LogP contribution in [0.2, 0.25) is 5.02 Å². The zero-order valence-corrected chi connectivity index (χ0v) is 13.6. The summed E-state index contributed by atoms with van der Waals surface area (Å²) >= 11 is 6.01. The van der Waals surface area contributed by atoms with E-state index in [0.29, 0.717) is 42.0 Å². The van der Waals surface area contributed by atoms with Crippen molar-refractivity contribution < 1.29 is 14.3 Å². The van der Waals surface area contributed by atoms with Crippen molar-refractivity contribution in [1.82, 2.24) is 5.32 Å². The van der Waals surface area contributed by atoms with E-state index in [1.54, 1.807) is 25.3 Å². The second-order valence-corrected chi connectivity index (χ2v) is 5.92. The average Bonchev–Trinajstić information content (AvgIpc) is 2.96. The summed E-state index contributed by atoms with van der Waals surface area (Å²) in [5, 5.41) is 3.57. The summed E-state index contributed by atoms with van der Waals surface area (Å²) in [5.41, 5.74) is 6.21. The Bertz CT molecular complexity index is 510. The van der Waals surface area contributed by atoms with Gasteiger partial charge in [-0.25, -0.2) is 0 Å². The lowest BCUT2D eigenvalue weighted by Crippen LogP contribution is -2.40. The third kappa shape index (κ3) is 4.35. The quantitative estimate of drug-likeness (QED) is 0.754. The van der Waals surface area contributed by atoms with Crippen LogP contribution in [0.15, 0.2) is 18.2 Å². The molecule has 1 aliphatic rings. The SMILES string of the molecule is COCCOc1ccc(Cl)cc1C(=O)NC1CCCC1CN. The number of methoxy groups -OCH3 is 1. The number of carbonyl (C=O) groups excluding carboxylic acids is 1. The molecule has 1 aromatic carbocycles. The van der Waals surface area contributed by atoms with Crippen LogP contribution in [0.3, 0.4) is 0 Å². The van der Waals surface area contributed by atoms with Gasteiger partial charge in [0.25, 0.3) is 5.91 Å². The zero-order valence-electron chi connectivity index (χ0n) is 12.8. The number of hydrogen-bond acceptors (Lipinski definition) is 4. The van der Waals surface area contributed by atoms with Crippen molar-refractivity contribution in [3.63, 3.8) is 0 Å². The molecule has 2 rings (SSSR count). The molecule has 0 aliphatic heterocycles. The lowest BCUT2D eigenvalue weighted by atomic mass is 10.0. The Balaban J connectivity index is 2.08. The molecule has 6 heteroatoms. The van der Waals surface area contributed by atoms with Crippen LogP contribution in [0.25, 0.3) is 0 Å². The molecule has 1 saturated carbocycles. The van der Waals surface area contributed by atoms with Gasteiger partial charge in [-0.15, -0.1) is 0 Å². The molecule has 2 atom stereocenters. The summed E-state index contributed by atoms with van der Waals surface area (Å²) in [6.07, 6.45) is 3.13. The Hall–Kier alpha value is -1.30. The predicted octanol–water partition coefficient (Wildman–Crippen LogP) is 2.22.